The molecule has 35 heavy (non-hydrogen) atoms. The van der Waals surface area contributed by atoms with Crippen LogP contribution in [-0.2, 0) is 16.6 Å². The fraction of sp³-hybridized carbons (Fsp3) is 0.714. The molecule has 1 aromatic carbocycles. The molecule has 0 spiro atoms. The van der Waals surface area contributed by atoms with Crippen molar-refractivity contribution in [2.75, 3.05) is 20.3 Å². The van der Waals surface area contributed by atoms with E-state index in [0.717, 1.165) is 24.8 Å². The zero-order valence-corrected chi connectivity index (χ0v) is 23.0. The summed E-state index contributed by atoms with van der Waals surface area (Å²) in [4.78, 5) is 0. The SMILES string of the molecule is CCCCCCCCCCCCCCCCC=CS(=O)(=O)NCc1ccc(OCCN)c(OC)c1. The van der Waals surface area contributed by atoms with E-state index in [4.69, 9.17) is 15.2 Å². The van der Waals surface area contributed by atoms with Gasteiger partial charge in [0.1, 0.15) is 6.61 Å². The van der Waals surface area contributed by atoms with Crippen LogP contribution < -0.4 is 19.9 Å². The van der Waals surface area contributed by atoms with Gasteiger partial charge < -0.3 is 15.2 Å². The number of methoxy groups -OCH3 is 1. The second kappa shape index (κ2) is 20.6. The molecule has 0 unspecified atom stereocenters. The van der Waals surface area contributed by atoms with E-state index in [1.165, 1.54) is 82.5 Å². The number of nitrogens with one attached hydrogen (secondary N) is 1. The third-order valence-corrected chi connectivity index (χ3v) is 7.18. The van der Waals surface area contributed by atoms with Gasteiger partial charge >= 0.3 is 0 Å². The number of benzene rings is 1. The highest BCUT2D eigenvalue weighted by molar-refractivity contribution is 7.92. The highest BCUT2D eigenvalue weighted by Crippen LogP contribution is 2.28. The molecule has 0 bridgehead atoms. The molecule has 0 aliphatic carbocycles. The van der Waals surface area contributed by atoms with Crippen molar-refractivity contribution in [3.8, 4) is 11.5 Å². The predicted octanol–water partition coefficient (Wildman–Crippen LogP) is 6.84. The normalized spacial score (nSPS) is 11.9. The fourth-order valence-electron chi connectivity index (χ4n) is 3.99. The van der Waals surface area contributed by atoms with Gasteiger partial charge in [-0.1, -0.05) is 103 Å². The average Bonchev–Trinajstić information content (AvgIpc) is 2.86. The third kappa shape index (κ3) is 16.7. The Bertz CT molecular complexity index is 781. The number of hydrogen-bond donors (Lipinski definition) is 2. The van der Waals surface area contributed by atoms with Crippen molar-refractivity contribution in [2.24, 2.45) is 5.73 Å². The molecule has 0 aliphatic rings. The van der Waals surface area contributed by atoms with Crippen molar-refractivity contribution in [1.82, 2.24) is 4.72 Å². The monoisotopic (exact) mass is 510 g/mol. The van der Waals surface area contributed by atoms with Crippen LogP contribution in [0.1, 0.15) is 109 Å². The van der Waals surface area contributed by atoms with E-state index in [2.05, 4.69) is 11.6 Å². The highest BCUT2D eigenvalue weighted by atomic mass is 32.2. The topological polar surface area (TPSA) is 90.7 Å². The van der Waals surface area contributed by atoms with E-state index in [1.807, 2.05) is 6.07 Å². The lowest BCUT2D eigenvalue weighted by Crippen LogP contribution is -2.20. The molecule has 1 rings (SSSR count). The minimum absolute atomic E-state index is 0.194. The maximum absolute atomic E-state index is 12.2. The lowest BCUT2D eigenvalue weighted by atomic mass is 10.0. The Balaban J connectivity index is 2.10. The summed E-state index contributed by atoms with van der Waals surface area (Å²) >= 11 is 0. The minimum atomic E-state index is -3.46. The number of nitrogens with two attached hydrogens (primary N) is 1. The lowest BCUT2D eigenvalue weighted by Gasteiger charge is -2.11. The lowest BCUT2D eigenvalue weighted by molar-refractivity contribution is 0.302. The largest absolute Gasteiger partial charge is 0.493 e. The van der Waals surface area contributed by atoms with Gasteiger partial charge in [-0.3, -0.25) is 0 Å². The van der Waals surface area contributed by atoms with E-state index < -0.39 is 10.0 Å². The Labute approximate surface area is 215 Å². The van der Waals surface area contributed by atoms with Crippen LogP contribution in [0.5, 0.6) is 11.5 Å². The van der Waals surface area contributed by atoms with E-state index in [9.17, 15) is 8.42 Å². The summed E-state index contributed by atoms with van der Waals surface area (Å²) in [5.41, 5.74) is 6.26. The smallest absolute Gasteiger partial charge is 0.233 e. The van der Waals surface area contributed by atoms with Crippen molar-refractivity contribution in [2.45, 2.75) is 110 Å². The standard InChI is InChI=1S/C28H50N2O4S/c1-3-4-5-6-7-8-9-10-11-12-13-14-15-16-17-18-23-35(31,32)30-25-26-19-20-27(34-22-21-29)28(24-26)33-2/h18-20,23-24,30H,3-17,21-22,25,29H2,1-2H3. The Morgan fingerprint density at radius 3 is 1.97 bits per heavy atom. The fourth-order valence-corrected chi connectivity index (χ4v) is 4.85. The molecule has 0 saturated carbocycles. The first kappa shape index (κ1) is 31.5. The molecule has 0 atom stereocenters. The van der Waals surface area contributed by atoms with Gasteiger partial charge in [-0.15, -0.1) is 0 Å². The second-order valence-electron chi connectivity index (χ2n) is 9.25. The number of allylic oxidation sites excluding steroid dienone is 1. The van der Waals surface area contributed by atoms with Crippen molar-refractivity contribution in [3.05, 3.63) is 35.2 Å². The number of sulfonamides is 1. The van der Waals surface area contributed by atoms with E-state index >= 15 is 0 Å². The molecular formula is C28H50N2O4S. The van der Waals surface area contributed by atoms with Gasteiger partial charge in [0, 0.05) is 18.5 Å². The molecule has 0 saturated heterocycles. The van der Waals surface area contributed by atoms with Crippen LogP contribution in [0.3, 0.4) is 0 Å². The minimum Gasteiger partial charge on any atom is -0.493 e. The van der Waals surface area contributed by atoms with Crippen LogP contribution in [0.25, 0.3) is 0 Å². The number of unbranched alkanes of at least 4 members (excludes halogenated alkanes) is 14. The van der Waals surface area contributed by atoms with Crippen LogP contribution in [0.4, 0.5) is 0 Å². The number of ether oxygens (including phenoxy) is 2. The van der Waals surface area contributed by atoms with E-state index in [1.54, 1.807) is 25.3 Å². The molecule has 1 aromatic rings. The molecule has 0 fully saturated rings. The van der Waals surface area contributed by atoms with Gasteiger partial charge in [-0.25, -0.2) is 13.1 Å². The average molecular weight is 511 g/mol. The molecule has 6 nitrogen and oxygen atoms in total. The van der Waals surface area contributed by atoms with Crippen LogP contribution >= 0.6 is 0 Å². The Morgan fingerprint density at radius 1 is 0.857 bits per heavy atom. The first-order valence-electron chi connectivity index (χ1n) is 13.7. The molecule has 0 heterocycles. The molecule has 0 amide bonds. The van der Waals surface area contributed by atoms with Gasteiger partial charge in [0.25, 0.3) is 0 Å². The molecule has 0 radical (unpaired) electrons. The van der Waals surface area contributed by atoms with Crippen LogP contribution in [0.15, 0.2) is 29.7 Å². The summed E-state index contributed by atoms with van der Waals surface area (Å²) in [6.45, 7) is 3.27. The molecule has 0 aliphatic heterocycles. The zero-order chi connectivity index (χ0) is 25.6. The van der Waals surface area contributed by atoms with Crippen molar-refractivity contribution >= 4 is 10.0 Å². The molecular weight excluding hydrogens is 460 g/mol. The number of hydrogen-bond acceptors (Lipinski definition) is 5. The van der Waals surface area contributed by atoms with Crippen molar-refractivity contribution < 1.29 is 17.9 Å². The Hall–Kier alpha value is -1.57. The van der Waals surface area contributed by atoms with E-state index in [0.29, 0.717) is 24.7 Å². The molecule has 3 N–H and O–H groups in total. The maximum atomic E-state index is 12.2. The van der Waals surface area contributed by atoms with Crippen LogP contribution in [0, 0.1) is 0 Å². The quantitative estimate of drug-likeness (QED) is 0.157. The summed E-state index contributed by atoms with van der Waals surface area (Å²) in [6, 6.07) is 5.35. The third-order valence-electron chi connectivity index (χ3n) is 6.08. The molecule has 202 valence electrons. The molecule has 0 aromatic heterocycles. The number of rotatable bonds is 23. The summed E-state index contributed by atoms with van der Waals surface area (Å²) in [5, 5.41) is 1.28. The van der Waals surface area contributed by atoms with Crippen LogP contribution in [-0.4, -0.2) is 28.7 Å². The van der Waals surface area contributed by atoms with E-state index in [-0.39, 0.29) is 6.54 Å². The Kier molecular flexibility index (Phi) is 18.5. The van der Waals surface area contributed by atoms with Gasteiger partial charge in [-0.2, -0.15) is 0 Å². The van der Waals surface area contributed by atoms with Crippen molar-refractivity contribution in [1.29, 1.82) is 0 Å². The zero-order valence-electron chi connectivity index (χ0n) is 22.2. The van der Waals surface area contributed by atoms with Gasteiger partial charge in [0.2, 0.25) is 10.0 Å². The molecule has 7 heteroatoms. The maximum Gasteiger partial charge on any atom is 0.233 e. The van der Waals surface area contributed by atoms with Gasteiger partial charge in [-0.05, 0) is 30.5 Å². The Morgan fingerprint density at radius 2 is 1.43 bits per heavy atom. The summed E-state index contributed by atoms with van der Waals surface area (Å²) in [7, 11) is -1.91. The first-order valence-corrected chi connectivity index (χ1v) is 15.2. The van der Waals surface area contributed by atoms with Crippen LogP contribution in [0.2, 0.25) is 0 Å². The van der Waals surface area contributed by atoms with Gasteiger partial charge in [0.15, 0.2) is 11.5 Å². The second-order valence-corrected chi connectivity index (χ2v) is 10.9. The van der Waals surface area contributed by atoms with Gasteiger partial charge in [0.05, 0.1) is 7.11 Å². The summed E-state index contributed by atoms with van der Waals surface area (Å²) in [6.07, 6.45) is 21.1. The first-order chi connectivity index (χ1) is 17.0. The summed E-state index contributed by atoms with van der Waals surface area (Å²) in [5.74, 6) is 1.15. The van der Waals surface area contributed by atoms with Crippen molar-refractivity contribution in [3.63, 3.8) is 0 Å². The predicted molar refractivity (Wildman–Crippen MR) is 147 cm³/mol. The highest BCUT2D eigenvalue weighted by Gasteiger charge is 2.09. The summed E-state index contributed by atoms with van der Waals surface area (Å²) < 4.78 is 37.9.